The minimum atomic E-state index is -0.636. The molecule has 0 unspecified atom stereocenters. The average molecular weight is 452 g/mol. The van der Waals surface area contributed by atoms with Gasteiger partial charge in [0.25, 0.3) is 5.91 Å². The second-order valence-electron chi connectivity index (χ2n) is 7.56. The van der Waals surface area contributed by atoms with Gasteiger partial charge in [-0.05, 0) is 24.3 Å². The Balaban J connectivity index is 1.26. The minimum absolute atomic E-state index is 0.424. The molecule has 0 fully saturated rings. The number of anilines is 1. The molecule has 0 radical (unpaired) electrons. The van der Waals surface area contributed by atoms with E-state index in [1.54, 1.807) is 18.3 Å². The van der Waals surface area contributed by atoms with Crippen molar-refractivity contribution >= 4 is 56.5 Å². The fraction of sp³-hybridized carbons (Fsp3) is 0.0741. The van der Waals surface area contributed by atoms with Gasteiger partial charge in [-0.2, -0.15) is 0 Å². The van der Waals surface area contributed by atoms with E-state index in [4.69, 9.17) is 13.9 Å². The summed E-state index contributed by atoms with van der Waals surface area (Å²) >= 11 is 0. The number of hydrogen-bond acceptors (Lipinski definition) is 6. The third-order valence-electron chi connectivity index (χ3n) is 5.38. The Morgan fingerprint density at radius 3 is 2.74 bits per heavy atom. The predicted molar refractivity (Wildman–Crippen MR) is 131 cm³/mol. The Hall–Kier alpha value is -4.65. The summed E-state index contributed by atoms with van der Waals surface area (Å²) in [4.78, 5) is 28.9. The lowest BCUT2D eigenvalue weighted by molar-refractivity contribution is -0.142. The molecule has 7 nitrogen and oxygen atoms in total. The molecule has 5 aromatic rings. The number of para-hydroxylation sites is 2. The van der Waals surface area contributed by atoms with Gasteiger partial charge in [0, 0.05) is 40.1 Å². The van der Waals surface area contributed by atoms with Crippen molar-refractivity contribution in [2.45, 2.75) is 0 Å². The first kappa shape index (κ1) is 21.2. The summed E-state index contributed by atoms with van der Waals surface area (Å²) in [6.07, 6.45) is 4.59. The first-order chi connectivity index (χ1) is 16.6. The molecule has 0 aliphatic rings. The zero-order chi connectivity index (χ0) is 23.5. The van der Waals surface area contributed by atoms with E-state index in [0.29, 0.717) is 17.0 Å². The molecule has 1 N–H and O–H groups in total. The van der Waals surface area contributed by atoms with Crippen molar-refractivity contribution < 1.29 is 23.5 Å². The van der Waals surface area contributed by atoms with E-state index in [1.165, 1.54) is 13.2 Å². The van der Waals surface area contributed by atoms with E-state index in [1.807, 2.05) is 60.7 Å². The number of nitrogens with one attached hydrogen (secondary N) is 1. The number of carbonyl (C=O) groups is 2. The molecule has 7 heteroatoms. The van der Waals surface area contributed by atoms with E-state index < -0.39 is 18.5 Å². The maximum absolute atomic E-state index is 12.4. The standard InChI is InChI=1S/C27H20N2O5/c1-32-24-14-20-19-9-2-3-10-22(19)34-23(20)15-21(24)29-25(30)16-33-26(31)12-11-18-7-4-6-17-8-5-13-28-27(17)18/h2-15H,16H2,1H3,(H,29,30)/b12-11+. The van der Waals surface area contributed by atoms with Crippen molar-refractivity contribution in [2.24, 2.45) is 0 Å². The van der Waals surface area contributed by atoms with E-state index in [-0.39, 0.29) is 0 Å². The molecule has 0 saturated heterocycles. The summed E-state index contributed by atoms with van der Waals surface area (Å²) < 4.78 is 16.4. The highest BCUT2D eigenvalue weighted by Crippen LogP contribution is 2.36. The fourth-order valence-electron chi connectivity index (χ4n) is 3.81. The molecular formula is C27H20N2O5. The average Bonchev–Trinajstić information content (AvgIpc) is 3.23. The van der Waals surface area contributed by atoms with Crippen molar-refractivity contribution in [2.75, 3.05) is 19.0 Å². The van der Waals surface area contributed by atoms with Gasteiger partial charge in [-0.25, -0.2) is 4.79 Å². The number of nitrogens with zero attached hydrogens (tertiary/aromatic N) is 1. The van der Waals surface area contributed by atoms with Gasteiger partial charge in [0.2, 0.25) is 0 Å². The van der Waals surface area contributed by atoms with Crippen LogP contribution in [-0.4, -0.2) is 30.6 Å². The largest absolute Gasteiger partial charge is 0.495 e. The molecule has 0 aliphatic carbocycles. The van der Waals surface area contributed by atoms with Gasteiger partial charge >= 0.3 is 5.97 Å². The maximum atomic E-state index is 12.4. The van der Waals surface area contributed by atoms with Gasteiger partial charge in [-0.15, -0.1) is 0 Å². The lowest BCUT2D eigenvalue weighted by Crippen LogP contribution is -2.20. The second kappa shape index (κ2) is 9.07. The van der Waals surface area contributed by atoms with Crippen LogP contribution in [0.5, 0.6) is 5.75 Å². The molecule has 3 aromatic carbocycles. The van der Waals surface area contributed by atoms with Gasteiger partial charge in [-0.1, -0.05) is 42.5 Å². The summed E-state index contributed by atoms with van der Waals surface area (Å²) in [6.45, 7) is -0.446. The predicted octanol–water partition coefficient (Wildman–Crippen LogP) is 5.34. The molecule has 0 aliphatic heterocycles. The quantitative estimate of drug-likeness (QED) is 0.276. The SMILES string of the molecule is COc1cc2c(cc1NC(=O)COC(=O)/C=C/c1cccc3cccnc13)oc1ccccc12. The number of hydrogen-bond donors (Lipinski definition) is 1. The first-order valence-corrected chi connectivity index (χ1v) is 10.6. The van der Waals surface area contributed by atoms with Crippen LogP contribution in [0.15, 0.2) is 83.4 Å². The summed E-state index contributed by atoms with van der Waals surface area (Å²) in [7, 11) is 1.52. The van der Waals surface area contributed by atoms with Crippen molar-refractivity contribution in [3.05, 3.63) is 84.6 Å². The third-order valence-corrected chi connectivity index (χ3v) is 5.38. The van der Waals surface area contributed by atoms with Crippen molar-refractivity contribution in [1.82, 2.24) is 4.98 Å². The maximum Gasteiger partial charge on any atom is 0.331 e. The Kier molecular flexibility index (Phi) is 5.66. The number of methoxy groups -OCH3 is 1. The van der Waals surface area contributed by atoms with Crippen LogP contribution in [0.3, 0.4) is 0 Å². The number of aromatic nitrogens is 1. The first-order valence-electron chi connectivity index (χ1n) is 10.6. The molecule has 1 amide bonds. The zero-order valence-corrected chi connectivity index (χ0v) is 18.3. The van der Waals surface area contributed by atoms with Gasteiger partial charge < -0.3 is 19.2 Å². The number of rotatable bonds is 6. The smallest absolute Gasteiger partial charge is 0.331 e. The number of fused-ring (bicyclic) bond motifs is 4. The number of carbonyl (C=O) groups excluding carboxylic acids is 2. The Morgan fingerprint density at radius 1 is 1.00 bits per heavy atom. The van der Waals surface area contributed by atoms with Gasteiger partial charge in [0.05, 0.1) is 18.3 Å². The number of pyridine rings is 1. The van der Waals surface area contributed by atoms with E-state index >= 15 is 0 Å². The minimum Gasteiger partial charge on any atom is -0.495 e. The van der Waals surface area contributed by atoms with Crippen LogP contribution < -0.4 is 10.1 Å². The number of ether oxygens (including phenoxy) is 2. The monoisotopic (exact) mass is 452 g/mol. The van der Waals surface area contributed by atoms with E-state index in [2.05, 4.69) is 10.3 Å². The highest BCUT2D eigenvalue weighted by Gasteiger charge is 2.15. The van der Waals surface area contributed by atoms with Crippen LogP contribution in [0, 0.1) is 0 Å². The van der Waals surface area contributed by atoms with Crippen molar-refractivity contribution in [3.63, 3.8) is 0 Å². The summed E-state index contributed by atoms with van der Waals surface area (Å²) in [6, 6.07) is 20.6. The molecule has 2 heterocycles. The van der Waals surface area contributed by atoms with Crippen LogP contribution in [-0.2, 0) is 14.3 Å². The lowest BCUT2D eigenvalue weighted by atomic mass is 10.1. The number of furan rings is 1. The Bertz CT molecular complexity index is 1560. The Morgan fingerprint density at radius 2 is 1.85 bits per heavy atom. The van der Waals surface area contributed by atoms with Gasteiger partial charge in [0.15, 0.2) is 6.61 Å². The number of esters is 1. The van der Waals surface area contributed by atoms with Crippen LogP contribution in [0.25, 0.3) is 38.9 Å². The summed E-state index contributed by atoms with van der Waals surface area (Å²) in [5.74, 6) is -0.660. The van der Waals surface area contributed by atoms with Crippen LogP contribution in [0.2, 0.25) is 0 Å². The van der Waals surface area contributed by atoms with Crippen molar-refractivity contribution in [1.29, 1.82) is 0 Å². The molecule has 34 heavy (non-hydrogen) atoms. The number of amides is 1. The zero-order valence-electron chi connectivity index (χ0n) is 18.3. The van der Waals surface area contributed by atoms with Crippen molar-refractivity contribution in [3.8, 4) is 5.75 Å². The third kappa shape index (κ3) is 4.19. The normalized spacial score (nSPS) is 11.3. The molecule has 2 aromatic heterocycles. The topological polar surface area (TPSA) is 90.7 Å². The highest BCUT2D eigenvalue weighted by atomic mass is 16.5. The molecular weight excluding hydrogens is 432 g/mol. The molecule has 0 atom stereocenters. The molecule has 5 rings (SSSR count). The summed E-state index contributed by atoms with van der Waals surface area (Å²) in [5.41, 5.74) is 3.33. The molecule has 0 spiro atoms. The van der Waals surface area contributed by atoms with E-state index in [9.17, 15) is 9.59 Å². The molecule has 0 bridgehead atoms. The van der Waals surface area contributed by atoms with Crippen LogP contribution in [0.1, 0.15) is 5.56 Å². The van der Waals surface area contributed by atoms with E-state index in [0.717, 1.165) is 32.8 Å². The van der Waals surface area contributed by atoms with Crippen LogP contribution >= 0.6 is 0 Å². The lowest BCUT2D eigenvalue weighted by Gasteiger charge is -2.10. The molecule has 168 valence electrons. The van der Waals surface area contributed by atoms with Crippen LogP contribution in [0.4, 0.5) is 5.69 Å². The Labute approximate surface area is 194 Å². The second-order valence-corrected chi connectivity index (χ2v) is 7.56. The van der Waals surface area contributed by atoms with Gasteiger partial charge in [-0.3, -0.25) is 9.78 Å². The highest BCUT2D eigenvalue weighted by molar-refractivity contribution is 6.08. The molecule has 0 saturated carbocycles. The number of benzene rings is 3. The van der Waals surface area contributed by atoms with Gasteiger partial charge in [0.1, 0.15) is 16.9 Å². The fourth-order valence-corrected chi connectivity index (χ4v) is 3.81. The summed E-state index contributed by atoms with van der Waals surface area (Å²) in [5, 5.41) is 5.52.